The largest absolute Gasteiger partial charge is 0.330 e. The number of unbranched alkanes of at least 4 members (excludes halogenated alkanes) is 1. The van der Waals surface area contributed by atoms with Crippen molar-refractivity contribution in [2.45, 2.75) is 64.3 Å². The Morgan fingerprint density at radius 1 is 1.10 bits per heavy atom. The summed E-state index contributed by atoms with van der Waals surface area (Å²) in [6.45, 7) is 2.67. The van der Waals surface area contributed by atoms with Crippen molar-refractivity contribution in [3.8, 4) is 0 Å². The van der Waals surface area contributed by atoms with Crippen LogP contribution in [0.15, 0.2) is 0 Å². The first-order chi connectivity index (χ1) is 9.92. The molecule has 4 aliphatic carbocycles. The molecule has 0 aliphatic heterocycles. The summed E-state index contributed by atoms with van der Waals surface area (Å²) in [5.41, 5.74) is 5.69. The van der Waals surface area contributed by atoms with Gasteiger partial charge in [0.15, 0.2) is 0 Å². The van der Waals surface area contributed by atoms with Crippen molar-refractivity contribution in [1.82, 2.24) is 4.72 Å². The molecule has 0 amide bonds. The second-order valence-electron chi connectivity index (χ2n) is 7.93. The Balaban J connectivity index is 1.64. The van der Waals surface area contributed by atoms with Crippen LogP contribution >= 0.6 is 0 Å². The average molecular weight is 314 g/mol. The summed E-state index contributed by atoms with van der Waals surface area (Å²) in [5.74, 6) is 2.81. The summed E-state index contributed by atoms with van der Waals surface area (Å²) < 4.78 is 27.5. The van der Waals surface area contributed by atoms with Crippen LogP contribution in [-0.2, 0) is 10.0 Å². The molecule has 0 spiro atoms. The first kappa shape index (κ1) is 15.8. The lowest BCUT2D eigenvalue weighted by Crippen LogP contribution is -2.56. The van der Waals surface area contributed by atoms with E-state index in [0.29, 0.717) is 13.0 Å². The van der Waals surface area contributed by atoms with Crippen LogP contribution in [0.5, 0.6) is 0 Å². The van der Waals surface area contributed by atoms with Gasteiger partial charge in [0.2, 0.25) is 10.0 Å². The van der Waals surface area contributed by atoms with Gasteiger partial charge in [0.05, 0.1) is 5.75 Å². The van der Waals surface area contributed by atoms with E-state index in [1.54, 1.807) is 0 Å². The van der Waals surface area contributed by atoms with Gasteiger partial charge in [0, 0.05) is 6.04 Å². The van der Waals surface area contributed by atoms with E-state index in [9.17, 15) is 8.42 Å². The zero-order valence-corrected chi connectivity index (χ0v) is 14.0. The third-order valence-corrected chi connectivity index (χ3v) is 7.77. The van der Waals surface area contributed by atoms with Crippen molar-refractivity contribution >= 4 is 10.0 Å². The van der Waals surface area contributed by atoms with E-state index in [1.165, 1.54) is 38.5 Å². The fraction of sp³-hybridized carbons (Fsp3) is 1.00. The van der Waals surface area contributed by atoms with Crippen LogP contribution < -0.4 is 10.5 Å². The van der Waals surface area contributed by atoms with E-state index in [1.807, 2.05) is 0 Å². The van der Waals surface area contributed by atoms with E-state index >= 15 is 0 Å². The molecule has 1 atom stereocenters. The first-order valence-electron chi connectivity index (χ1n) is 8.62. The molecule has 5 heteroatoms. The van der Waals surface area contributed by atoms with Crippen molar-refractivity contribution in [3.63, 3.8) is 0 Å². The summed E-state index contributed by atoms with van der Waals surface area (Å²) in [6.07, 6.45) is 9.37. The van der Waals surface area contributed by atoms with Crippen molar-refractivity contribution in [2.75, 3.05) is 12.3 Å². The molecule has 4 nitrogen and oxygen atoms in total. The minimum Gasteiger partial charge on any atom is -0.330 e. The molecule has 0 saturated heterocycles. The number of nitrogens with two attached hydrogens (primary N) is 1. The molecule has 3 N–H and O–H groups in total. The van der Waals surface area contributed by atoms with Gasteiger partial charge >= 0.3 is 0 Å². The van der Waals surface area contributed by atoms with E-state index in [4.69, 9.17) is 5.73 Å². The standard InChI is InChI=1S/C16H30N2O2S/c1-12(18-21(19,20)5-3-2-4-17)16-9-13-6-14(10-16)8-15(7-13)11-16/h12-15,18H,2-11,17H2,1H3. The summed E-state index contributed by atoms with van der Waals surface area (Å²) in [6, 6.07) is 0.0915. The van der Waals surface area contributed by atoms with Crippen LogP contribution in [0.2, 0.25) is 0 Å². The highest BCUT2D eigenvalue weighted by molar-refractivity contribution is 7.89. The molecule has 0 heterocycles. The molecule has 4 fully saturated rings. The predicted octanol–water partition coefficient (Wildman–Crippen LogP) is 2.25. The number of nitrogens with one attached hydrogen (secondary N) is 1. The third-order valence-electron chi connectivity index (χ3n) is 6.23. The molecule has 0 aromatic rings. The van der Waals surface area contributed by atoms with Gasteiger partial charge in [-0.2, -0.15) is 0 Å². The SMILES string of the molecule is CC(NS(=O)(=O)CCCCN)C12CC3CC(CC(C3)C1)C2. The van der Waals surface area contributed by atoms with Crippen molar-refractivity contribution in [1.29, 1.82) is 0 Å². The normalized spacial score (nSPS) is 39.6. The molecule has 0 aromatic heterocycles. The molecule has 4 aliphatic rings. The minimum absolute atomic E-state index is 0.0915. The highest BCUT2D eigenvalue weighted by Gasteiger charge is 2.53. The number of rotatable bonds is 7. The van der Waals surface area contributed by atoms with E-state index in [-0.39, 0.29) is 17.2 Å². The smallest absolute Gasteiger partial charge is 0.211 e. The number of hydrogen-bond donors (Lipinski definition) is 2. The number of sulfonamides is 1. The van der Waals surface area contributed by atoms with Gasteiger partial charge < -0.3 is 5.73 Å². The molecule has 0 radical (unpaired) electrons. The van der Waals surface area contributed by atoms with Gasteiger partial charge in [0.1, 0.15) is 0 Å². The van der Waals surface area contributed by atoms with E-state index in [0.717, 1.165) is 24.2 Å². The highest BCUT2D eigenvalue weighted by atomic mass is 32.2. The van der Waals surface area contributed by atoms with E-state index in [2.05, 4.69) is 11.6 Å². The van der Waals surface area contributed by atoms with Crippen molar-refractivity contribution < 1.29 is 8.42 Å². The fourth-order valence-electron chi connectivity index (χ4n) is 5.60. The van der Waals surface area contributed by atoms with Crippen LogP contribution in [0, 0.1) is 23.2 Å². The molecular weight excluding hydrogens is 284 g/mol. The van der Waals surface area contributed by atoms with Gasteiger partial charge in [-0.15, -0.1) is 0 Å². The minimum atomic E-state index is -3.15. The zero-order valence-electron chi connectivity index (χ0n) is 13.2. The molecule has 21 heavy (non-hydrogen) atoms. The Morgan fingerprint density at radius 3 is 2.10 bits per heavy atom. The van der Waals surface area contributed by atoms with Crippen LogP contribution in [0.4, 0.5) is 0 Å². The third kappa shape index (κ3) is 3.30. The highest BCUT2D eigenvalue weighted by Crippen LogP contribution is 2.61. The van der Waals surface area contributed by atoms with Gasteiger partial charge in [-0.1, -0.05) is 0 Å². The average Bonchev–Trinajstić information content (AvgIpc) is 2.36. The van der Waals surface area contributed by atoms with Gasteiger partial charge in [-0.05, 0) is 88.0 Å². The monoisotopic (exact) mass is 314 g/mol. The molecule has 4 bridgehead atoms. The Kier molecular flexibility index (Phi) is 4.37. The summed E-state index contributed by atoms with van der Waals surface area (Å²) >= 11 is 0. The predicted molar refractivity (Wildman–Crippen MR) is 85.3 cm³/mol. The van der Waals surface area contributed by atoms with Crippen LogP contribution in [0.1, 0.15) is 58.3 Å². The maximum absolute atomic E-state index is 12.3. The Bertz CT molecular complexity index is 439. The molecular formula is C16H30N2O2S. The summed E-state index contributed by atoms with van der Waals surface area (Å²) in [7, 11) is -3.15. The van der Waals surface area contributed by atoms with Gasteiger partial charge in [0.25, 0.3) is 0 Å². The van der Waals surface area contributed by atoms with Crippen molar-refractivity contribution in [3.05, 3.63) is 0 Å². The van der Waals surface area contributed by atoms with Crippen LogP contribution in [0.3, 0.4) is 0 Å². The molecule has 122 valence electrons. The van der Waals surface area contributed by atoms with Crippen molar-refractivity contribution in [2.24, 2.45) is 28.9 Å². The van der Waals surface area contributed by atoms with E-state index < -0.39 is 10.0 Å². The van der Waals surface area contributed by atoms with Gasteiger partial charge in [-0.25, -0.2) is 13.1 Å². The van der Waals surface area contributed by atoms with Crippen LogP contribution in [-0.4, -0.2) is 26.8 Å². The maximum atomic E-state index is 12.3. The lowest BCUT2D eigenvalue weighted by atomic mass is 9.48. The van der Waals surface area contributed by atoms with Gasteiger partial charge in [-0.3, -0.25) is 0 Å². The second kappa shape index (κ2) is 5.82. The zero-order chi connectivity index (χ0) is 15.1. The Labute approximate surface area is 129 Å². The second-order valence-corrected chi connectivity index (χ2v) is 9.81. The fourth-order valence-corrected chi connectivity index (χ4v) is 7.09. The quantitative estimate of drug-likeness (QED) is 0.708. The maximum Gasteiger partial charge on any atom is 0.211 e. The number of hydrogen-bond acceptors (Lipinski definition) is 3. The lowest BCUT2D eigenvalue weighted by Gasteiger charge is -2.59. The summed E-state index contributed by atoms with van der Waals surface area (Å²) in [4.78, 5) is 0. The lowest BCUT2D eigenvalue weighted by molar-refractivity contribution is -0.0666. The molecule has 4 saturated carbocycles. The molecule has 4 rings (SSSR count). The molecule has 0 aromatic carbocycles. The molecule has 1 unspecified atom stereocenters. The Morgan fingerprint density at radius 2 is 1.62 bits per heavy atom. The summed E-state index contributed by atoms with van der Waals surface area (Å²) in [5, 5.41) is 0. The first-order valence-corrected chi connectivity index (χ1v) is 10.3. The topological polar surface area (TPSA) is 72.2 Å². The van der Waals surface area contributed by atoms with Crippen LogP contribution in [0.25, 0.3) is 0 Å². The Hall–Kier alpha value is -0.130.